The highest BCUT2D eigenvalue weighted by Crippen LogP contribution is 2.17. The number of nitrogens with one attached hydrogen (secondary N) is 3. The molecule has 0 saturated carbocycles. The number of carbonyl (C=O) groups is 2. The molecule has 1 saturated heterocycles. The predicted octanol–water partition coefficient (Wildman–Crippen LogP) is -1.03. The van der Waals surface area contributed by atoms with Crippen LogP contribution in [-0.4, -0.2) is 63.3 Å². The molecule has 0 radical (unpaired) electrons. The van der Waals surface area contributed by atoms with Crippen LogP contribution in [0.5, 0.6) is 0 Å². The molecule has 2 amide bonds. The van der Waals surface area contributed by atoms with Gasteiger partial charge in [0, 0.05) is 5.69 Å². The maximum absolute atomic E-state index is 12.0. The van der Waals surface area contributed by atoms with Gasteiger partial charge in [-0.1, -0.05) is 17.7 Å². The fourth-order valence-corrected chi connectivity index (χ4v) is 5.20. The molecule has 1 aliphatic rings. The minimum Gasteiger partial charge on any atom is -0.346 e. The zero-order valence-electron chi connectivity index (χ0n) is 14.2. The summed E-state index contributed by atoms with van der Waals surface area (Å²) in [4.78, 5) is 24.7. The fourth-order valence-electron chi connectivity index (χ4n) is 2.65. The number of likely N-dealkylation sites (N-methyl/N-ethyl adjacent to an activating group) is 1. The van der Waals surface area contributed by atoms with Crippen molar-refractivity contribution < 1.29 is 22.9 Å². The molecule has 3 N–H and O–H groups in total. The first-order valence-electron chi connectivity index (χ1n) is 7.96. The van der Waals surface area contributed by atoms with E-state index in [2.05, 4.69) is 10.6 Å². The van der Waals surface area contributed by atoms with Crippen LogP contribution in [0.2, 0.25) is 0 Å². The third-order valence-electron chi connectivity index (χ3n) is 3.89. The van der Waals surface area contributed by atoms with Gasteiger partial charge in [-0.3, -0.25) is 9.59 Å². The molecular weight excluding hydrogens is 366 g/mol. The number of rotatable bonds is 6. The molecule has 0 spiro atoms. The Morgan fingerprint density at radius 2 is 1.76 bits per heavy atom. The fraction of sp³-hybridized carbons (Fsp3) is 0.500. The van der Waals surface area contributed by atoms with Crippen LogP contribution >= 0.6 is 11.6 Å². The van der Waals surface area contributed by atoms with Crippen LogP contribution in [0.3, 0.4) is 0 Å². The number of alkyl halides is 1. The summed E-state index contributed by atoms with van der Waals surface area (Å²) in [5.74, 6) is -0.790. The largest absolute Gasteiger partial charge is 0.346 e. The van der Waals surface area contributed by atoms with E-state index in [0.717, 1.165) is 5.56 Å². The Balaban J connectivity index is 1.77. The Morgan fingerprint density at radius 1 is 1.16 bits per heavy atom. The minimum atomic E-state index is -3.19. The van der Waals surface area contributed by atoms with Crippen molar-refractivity contribution in [1.82, 2.24) is 5.32 Å². The van der Waals surface area contributed by atoms with Crippen molar-refractivity contribution in [2.24, 2.45) is 0 Å². The van der Waals surface area contributed by atoms with E-state index in [9.17, 15) is 18.0 Å². The van der Waals surface area contributed by atoms with Gasteiger partial charge in [0.05, 0.1) is 30.0 Å². The van der Waals surface area contributed by atoms with Gasteiger partial charge in [-0.15, -0.1) is 11.6 Å². The number of hydrogen-bond donors (Lipinski definition) is 3. The van der Waals surface area contributed by atoms with E-state index in [1.54, 1.807) is 7.05 Å². The second kappa shape index (κ2) is 8.16. The van der Waals surface area contributed by atoms with Gasteiger partial charge in [0.25, 0.3) is 11.8 Å². The predicted molar refractivity (Wildman–Crippen MR) is 96.7 cm³/mol. The number of amides is 2. The maximum Gasteiger partial charge on any atom is 0.279 e. The number of carbonyl (C=O) groups excluding carboxylic acids is 2. The first-order valence-corrected chi connectivity index (χ1v) is 10.2. The number of aryl methyl sites for hydroxylation is 1. The Labute approximate surface area is 152 Å². The van der Waals surface area contributed by atoms with E-state index in [4.69, 9.17) is 11.6 Å². The monoisotopic (exact) mass is 388 g/mol. The normalized spacial score (nSPS) is 23.0. The van der Waals surface area contributed by atoms with Crippen molar-refractivity contribution in [3.05, 3.63) is 29.8 Å². The van der Waals surface area contributed by atoms with Crippen LogP contribution in [0.4, 0.5) is 5.69 Å². The number of quaternary nitrogens is 1. The van der Waals surface area contributed by atoms with Gasteiger partial charge in [0.15, 0.2) is 22.9 Å². The van der Waals surface area contributed by atoms with Crippen LogP contribution < -0.4 is 15.5 Å². The van der Waals surface area contributed by atoms with Gasteiger partial charge in [0.2, 0.25) is 0 Å². The average molecular weight is 389 g/mol. The molecule has 1 aromatic rings. The van der Waals surface area contributed by atoms with Crippen LogP contribution in [0.25, 0.3) is 0 Å². The Morgan fingerprint density at radius 3 is 2.32 bits per heavy atom. The minimum absolute atomic E-state index is 0.0570. The van der Waals surface area contributed by atoms with E-state index in [1.807, 2.05) is 31.2 Å². The van der Waals surface area contributed by atoms with Crippen LogP contribution in [0, 0.1) is 6.92 Å². The Hall–Kier alpha value is -1.64. The van der Waals surface area contributed by atoms with Gasteiger partial charge in [-0.25, -0.2) is 8.42 Å². The van der Waals surface area contributed by atoms with Crippen molar-refractivity contribution >= 4 is 38.9 Å². The number of halogens is 1. The second-order valence-corrected chi connectivity index (χ2v) is 9.21. The molecule has 25 heavy (non-hydrogen) atoms. The molecule has 2 rings (SSSR count). The summed E-state index contributed by atoms with van der Waals surface area (Å²) in [5.41, 5.74) is 1.80. The Bertz CT molecular complexity index is 736. The lowest BCUT2D eigenvalue weighted by Gasteiger charge is -2.17. The second-order valence-electron chi connectivity index (χ2n) is 6.49. The van der Waals surface area contributed by atoms with Gasteiger partial charge in [-0.05, 0) is 19.1 Å². The smallest absolute Gasteiger partial charge is 0.279 e. The molecule has 0 bridgehead atoms. The SMILES string of the molecule is Cc1ccc(NC(=O)C[NH+](C)CC(=O)N[C@@H]2CS(=O)(=O)C[C@@H]2Cl)cc1. The van der Waals surface area contributed by atoms with Crippen molar-refractivity contribution in [3.8, 4) is 0 Å². The van der Waals surface area contributed by atoms with Gasteiger partial charge in [0.1, 0.15) is 0 Å². The van der Waals surface area contributed by atoms with Gasteiger partial charge < -0.3 is 15.5 Å². The molecule has 0 aromatic heterocycles. The lowest BCUT2D eigenvalue weighted by Crippen LogP contribution is -3.11. The maximum atomic E-state index is 12.0. The molecule has 1 heterocycles. The highest BCUT2D eigenvalue weighted by atomic mass is 35.5. The van der Waals surface area contributed by atoms with Crippen molar-refractivity contribution in [2.75, 3.05) is 37.0 Å². The zero-order valence-corrected chi connectivity index (χ0v) is 15.8. The van der Waals surface area contributed by atoms with E-state index in [0.29, 0.717) is 10.6 Å². The topological polar surface area (TPSA) is 96.8 Å². The third kappa shape index (κ3) is 6.30. The summed E-state index contributed by atoms with van der Waals surface area (Å²) < 4.78 is 23.0. The number of hydrogen-bond acceptors (Lipinski definition) is 4. The molecule has 1 unspecified atom stereocenters. The quantitative estimate of drug-likeness (QED) is 0.543. The molecular formula is C16H23ClN3O4S+. The summed E-state index contributed by atoms with van der Waals surface area (Å²) >= 11 is 5.96. The molecule has 138 valence electrons. The molecule has 7 nitrogen and oxygen atoms in total. The molecule has 3 atom stereocenters. The van der Waals surface area contributed by atoms with E-state index >= 15 is 0 Å². The highest BCUT2D eigenvalue weighted by Gasteiger charge is 2.37. The average Bonchev–Trinajstić information content (AvgIpc) is 2.73. The van der Waals surface area contributed by atoms with Crippen molar-refractivity contribution in [3.63, 3.8) is 0 Å². The third-order valence-corrected chi connectivity index (χ3v) is 6.27. The Kier molecular flexibility index (Phi) is 6.42. The summed E-state index contributed by atoms with van der Waals surface area (Å²) in [5, 5.41) is 4.80. The van der Waals surface area contributed by atoms with E-state index in [1.165, 1.54) is 0 Å². The summed E-state index contributed by atoms with van der Waals surface area (Å²) in [6.45, 7) is 2.14. The summed E-state index contributed by atoms with van der Waals surface area (Å²) in [7, 11) is -1.47. The molecule has 1 fully saturated rings. The standard InChI is InChI=1S/C16H22ClN3O4S/c1-11-3-5-12(6-4-11)18-15(21)7-20(2)8-16(22)19-14-10-25(23,24)9-13(14)17/h3-6,13-14H,7-10H2,1-2H3,(H,18,21)(H,19,22)/p+1/t13-,14+/m0/s1. The van der Waals surface area contributed by atoms with Gasteiger partial charge in [-0.2, -0.15) is 0 Å². The van der Waals surface area contributed by atoms with Crippen LogP contribution in [-0.2, 0) is 19.4 Å². The van der Waals surface area contributed by atoms with Crippen molar-refractivity contribution in [1.29, 1.82) is 0 Å². The van der Waals surface area contributed by atoms with Crippen molar-refractivity contribution in [2.45, 2.75) is 18.3 Å². The zero-order chi connectivity index (χ0) is 18.6. The lowest BCUT2D eigenvalue weighted by molar-refractivity contribution is -0.862. The van der Waals surface area contributed by atoms with E-state index < -0.39 is 21.3 Å². The number of sulfone groups is 1. The summed E-state index contributed by atoms with van der Waals surface area (Å²) in [6.07, 6.45) is 0. The van der Waals surface area contributed by atoms with E-state index in [-0.39, 0.29) is 36.4 Å². The molecule has 1 aliphatic heterocycles. The molecule has 9 heteroatoms. The molecule has 0 aliphatic carbocycles. The number of benzene rings is 1. The van der Waals surface area contributed by atoms with Crippen LogP contribution in [0.15, 0.2) is 24.3 Å². The van der Waals surface area contributed by atoms with Gasteiger partial charge >= 0.3 is 0 Å². The summed E-state index contributed by atoms with van der Waals surface area (Å²) in [6, 6.07) is 6.86. The first-order chi connectivity index (χ1) is 11.6. The van der Waals surface area contributed by atoms with Crippen LogP contribution in [0.1, 0.15) is 5.56 Å². The molecule has 1 aromatic carbocycles. The number of anilines is 1. The highest BCUT2D eigenvalue weighted by molar-refractivity contribution is 7.91. The first kappa shape index (κ1) is 19.7. The lowest BCUT2D eigenvalue weighted by atomic mass is 10.2.